The Morgan fingerprint density at radius 1 is 0.885 bits per heavy atom. The Labute approximate surface area is 156 Å². The molecule has 26 heavy (non-hydrogen) atoms. The molecule has 0 aromatic heterocycles. The van der Waals surface area contributed by atoms with Gasteiger partial charge in [0.15, 0.2) is 0 Å². The summed E-state index contributed by atoms with van der Waals surface area (Å²) >= 11 is 0. The van der Waals surface area contributed by atoms with E-state index in [-0.39, 0.29) is 10.8 Å². The van der Waals surface area contributed by atoms with Crippen LogP contribution in [0, 0.1) is 0 Å². The average molecular weight is 375 g/mol. The molecule has 1 amide bonds. The molecule has 2 aromatic carbocycles. The zero-order valence-electron chi connectivity index (χ0n) is 15.6. The first-order valence-electron chi connectivity index (χ1n) is 8.87. The van der Waals surface area contributed by atoms with Crippen molar-refractivity contribution in [2.24, 2.45) is 0 Å². The van der Waals surface area contributed by atoms with Crippen molar-refractivity contribution in [1.29, 1.82) is 0 Å². The van der Waals surface area contributed by atoms with Gasteiger partial charge in [0.05, 0.1) is 4.90 Å². The van der Waals surface area contributed by atoms with Crippen LogP contribution in [0.2, 0.25) is 0 Å². The first-order chi connectivity index (χ1) is 12.4. The van der Waals surface area contributed by atoms with Gasteiger partial charge in [-0.1, -0.05) is 43.3 Å². The molecule has 0 unspecified atom stereocenters. The van der Waals surface area contributed by atoms with Crippen LogP contribution >= 0.6 is 0 Å². The molecular weight excluding hydrogens is 348 g/mol. The summed E-state index contributed by atoms with van der Waals surface area (Å²) < 4.78 is 27.5. The molecule has 0 saturated carbocycles. The van der Waals surface area contributed by atoms with Crippen LogP contribution in [0.3, 0.4) is 0 Å². The molecule has 2 aromatic rings. The van der Waals surface area contributed by atoms with Gasteiger partial charge in [-0.25, -0.2) is 8.42 Å². The fourth-order valence-corrected chi connectivity index (χ4v) is 4.27. The van der Waals surface area contributed by atoms with E-state index in [1.165, 1.54) is 10.4 Å². The fraction of sp³-hybridized carbons (Fsp3) is 0.350. The maximum absolute atomic E-state index is 13.1. The number of nitrogens with zero attached hydrogens (tertiary/aromatic N) is 2. The van der Waals surface area contributed by atoms with E-state index in [0.29, 0.717) is 31.7 Å². The molecule has 0 saturated heterocycles. The highest BCUT2D eigenvalue weighted by molar-refractivity contribution is 7.89. The standard InChI is InChI=1S/C20H26N2O3S/c1-4-21(5-2)20(23)18-13-10-14-19(15-18)26(24,25)22(6-3)16-17-11-8-7-9-12-17/h7-15H,4-6,16H2,1-3H3. The maximum atomic E-state index is 13.1. The van der Waals surface area contributed by atoms with E-state index < -0.39 is 10.0 Å². The van der Waals surface area contributed by atoms with Crippen LogP contribution in [0.15, 0.2) is 59.5 Å². The lowest BCUT2D eigenvalue weighted by molar-refractivity contribution is 0.0772. The van der Waals surface area contributed by atoms with Gasteiger partial charge in [-0.2, -0.15) is 4.31 Å². The molecule has 0 aliphatic rings. The molecule has 6 heteroatoms. The average Bonchev–Trinajstić information content (AvgIpc) is 2.67. The normalized spacial score (nSPS) is 11.5. The highest BCUT2D eigenvalue weighted by atomic mass is 32.2. The van der Waals surface area contributed by atoms with Gasteiger partial charge in [-0.05, 0) is 37.6 Å². The second-order valence-corrected chi connectivity index (χ2v) is 7.86. The van der Waals surface area contributed by atoms with Gasteiger partial charge < -0.3 is 4.90 Å². The molecule has 0 fully saturated rings. The number of carbonyl (C=O) groups excluding carboxylic acids is 1. The highest BCUT2D eigenvalue weighted by Gasteiger charge is 2.24. The fourth-order valence-electron chi connectivity index (χ4n) is 2.79. The van der Waals surface area contributed by atoms with Crippen molar-refractivity contribution in [1.82, 2.24) is 9.21 Å². The van der Waals surface area contributed by atoms with E-state index in [1.807, 2.05) is 51.1 Å². The lowest BCUT2D eigenvalue weighted by Gasteiger charge is -2.22. The van der Waals surface area contributed by atoms with Crippen LogP contribution in [0.5, 0.6) is 0 Å². The second-order valence-electron chi connectivity index (χ2n) is 5.92. The van der Waals surface area contributed by atoms with Crippen LogP contribution in [-0.4, -0.2) is 43.2 Å². The predicted molar refractivity (Wildman–Crippen MR) is 103 cm³/mol. The largest absolute Gasteiger partial charge is 0.339 e. The molecular formula is C20H26N2O3S. The Morgan fingerprint density at radius 3 is 2.12 bits per heavy atom. The molecule has 0 N–H and O–H groups in total. The summed E-state index contributed by atoms with van der Waals surface area (Å²) in [7, 11) is -3.68. The number of benzene rings is 2. The highest BCUT2D eigenvalue weighted by Crippen LogP contribution is 2.20. The van der Waals surface area contributed by atoms with E-state index in [1.54, 1.807) is 23.1 Å². The third-order valence-electron chi connectivity index (χ3n) is 4.32. The van der Waals surface area contributed by atoms with Crippen molar-refractivity contribution in [3.63, 3.8) is 0 Å². The van der Waals surface area contributed by atoms with Crippen molar-refractivity contribution in [3.8, 4) is 0 Å². The van der Waals surface area contributed by atoms with Crippen LogP contribution in [0.25, 0.3) is 0 Å². The summed E-state index contributed by atoms with van der Waals surface area (Å²) in [6.07, 6.45) is 0. The number of sulfonamides is 1. The molecule has 0 radical (unpaired) electrons. The van der Waals surface area contributed by atoms with Crippen molar-refractivity contribution < 1.29 is 13.2 Å². The molecule has 5 nitrogen and oxygen atoms in total. The van der Waals surface area contributed by atoms with Crippen molar-refractivity contribution >= 4 is 15.9 Å². The van der Waals surface area contributed by atoms with E-state index >= 15 is 0 Å². The minimum atomic E-state index is -3.68. The summed E-state index contributed by atoms with van der Waals surface area (Å²) in [5.41, 5.74) is 1.32. The molecule has 140 valence electrons. The quantitative estimate of drug-likeness (QED) is 0.712. The lowest BCUT2D eigenvalue weighted by Crippen LogP contribution is -2.32. The van der Waals surface area contributed by atoms with Gasteiger partial charge in [0.2, 0.25) is 10.0 Å². The molecule has 0 bridgehead atoms. The number of hydrogen-bond donors (Lipinski definition) is 0. The third-order valence-corrected chi connectivity index (χ3v) is 6.24. The minimum Gasteiger partial charge on any atom is -0.339 e. The van der Waals surface area contributed by atoms with Crippen LogP contribution in [0.4, 0.5) is 0 Å². The molecule has 0 atom stereocenters. The second kappa shape index (κ2) is 8.96. The van der Waals surface area contributed by atoms with Gasteiger partial charge in [0.25, 0.3) is 5.91 Å². The van der Waals surface area contributed by atoms with E-state index in [2.05, 4.69) is 0 Å². The Kier molecular flexibility index (Phi) is 6.94. The summed E-state index contributed by atoms with van der Waals surface area (Å²) in [6, 6.07) is 15.8. The van der Waals surface area contributed by atoms with Crippen molar-refractivity contribution in [2.45, 2.75) is 32.2 Å². The van der Waals surface area contributed by atoms with Crippen LogP contribution < -0.4 is 0 Å². The molecule has 0 aliphatic heterocycles. The van der Waals surface area contributed by atoms with Crippen molar-refractivity contribution in [3.05, 3.63) is 65.7 Å². The summed E-state index contributed by atoms with van der Waals surface area (Å²) in [5, 5.41) is 0. The smallest absolute Gasteiger partial charge is 0.253 e. The zero-order chi connectivity index (χ0) is 19.2. The van der Waals surface area contributed by atoms with Crippen LogP contribution in [0.1, 0.15) is 36.7 Å². The Bertz CT molecular complexity index is 831. The maximum Gasteiger partial charge on any atom is 0.253 e. The SMILES string of the molecule is CCN(CC)C(=O)c1cccc(S(=O)(=O)N(CC)Cc2ccccc2)c1. The molecule has 0 heterocycles. The number of carbonyl (C=O) groups is 1. The summed E-state index contributed by atoms with van der Waals surface area (Å²) in [4.78, 5) is 14.4. The topological polar surface area (TPSA) is 57.7 Å². The molecule has 2 rings (SSSR count). The number of hydrogen-bond acceptors (Lipinski definition) is 3. The van der Waals surface area contributed by atoms with Gasteiger partial charge in [-0.3, -0.25) is 4.79 Å². The number of rotatable bonds is 8. The van der Waals surface area contributed by atoms with Gasteiger partial charge in [0, 0.05) is 31.7 Å². The van der Waals surface area contributed by atoms with Crippen molar-refractivity contribution in [2.75, 3.05) is 19.6 Å². The predicted octanol–water partition coefficient (Wildman–Crippen LogP) is 3.38. The van der Waals surface area contributed by atoms with E-state index in [4.69, 9.17) is 0 Å². The summed E-state index contributed by atoms with van der Waals surface area (Å²) in [6.45, 7) is 7.44. The Morgan fingerprint density at radius 2 is 1.54 bits per heavy atom. The zero-order valence-corrected chi connectivity index (χ0v) is 16.4. The molecule has 0 spiro atoms. The van der Waals surface area contributed by atoms with Gasteiger partial charge in [0.1, 0.15) is 0 Å². The minimum absolute atomic E-state index is 0.147. The number of amides is 1. The molecule has 0 aliphatic carbocycles. The first-order valence-corrected chi connectivity index (χ1v) is 10.3. The summed E-state index contributed by atoms with van der Waals surface area (Å²) in [5.74, 6) is -0.154. The lowest BCUT2D eigenvalue weighted by atomic mass is 10.2. The van der Waals surface area contributed by atoms with E-state index in [9.17, 15) is 13.2 Å². The van der Waals surface area contributed by atoms with Gasteiger partial charge >= 0.3 is 0 Å². The Hall–Kier alpha value is -2.18. The monoisotopic (exact) mass is 374 g/mol. The van der Waals surface area contributed by atoms with E-state index in [0.717, 1.165) is 5.56 Å². The first kappa shape index (κ1) is 20.1. The van der Waals surface area contributed by atoms with Gasteiger partial charge in [-0.15, -0.1) is 0 Å². The third kappa shape index (κ3) is 4.51. The Balaban J connectivity index is 2.33. The van der Waals surface area contributed by atoms with Crippen LogP contribution in [-0.2, 0) is 16.6 Å².